The van der Waals surface area contributed by atoms with Crippen molar-refractivity contribution in [3.05, 3.63) is 12.4 Å². The molecule has 0 spiro atoms. The molecule has 108 valence electrons. The summed E-state index contributed by atoms with van der Waals surface area (Å²) in [5.41, 5.74) is 0. The predicted molar refractivity (Wildman–Crippen MR) is 73.3 cm³/mol. The van der Waals surface area contributed by atoms with Crippen LogP contribution in [-0.4, -0.2) is 42.1 Å². The van der Waals surface area contributed by atoms with Gasteiger partial charge in [0.05, 0.1) is 19.0 Å². The Hall–Kier alpha value is -1.40. The van der Waals surface area contributed by atoms with Gasteiger partial charge in [-0.2, -0.15) is 0 Å². The Balaban J connectivity index is 0.000000861. The van der Waals surface area contributed by atoms with Gasteiger partial charge in [0.15, 0.2) is 11.5 Å². The van der Waals surface area contributed by atoms with Gasteiger partial charge in [0.25, 0.3) is 0 Å². The minimum absolute atomic E-state index is 0.0472. The van der Waals surface area contributed by atoms with Crippen molar-refractivity contribution in [3.8, 4) is 5.75 Å². The lowest BCUT2D eigenvalue weighted by Crippen LogP contribution is -2.25. The molecule has 1 atom stereocenters. The predicted octanol–water partition coefficient (Wildman–Crippen LogP) is 2.07. The average Bonchev–Trinajstić information content (AvgIpc) is 2.79. The molecular weight excluding hydrogens is 246 g/mol. The molecule has 1 N–H and O–H groups in total. The smallest absolute Gasteiger partial charge is 0.222 e. The molecule has 0 amide bonds. The molecule has 1 saturated heterocycles. The summed E-state index contributed by atoms with van der Waals surface area (Å²) in [6.07, 6.45) is 3.20. The Morgan fingerprint density at radius 2 is 2.00 bits per heavy atom. The van der Waals surface area contributed by atoms with Crippen molar-refractivity contribution in [2.24, 2.45) is 0 Å². The summed E-state index contributed by atoms with van der Waals surface area (Å²) in [6.45, 7) is 8.75. The summed E-state index contributed by atoms with van der Waals surface area (Å²) in [6, 6.07) is 0. The first kappa shape index (κ1) is 15.7. The van der Waals surface area contributed by atoms with Crippen molar-refractivity contribution < 1.29 is 14.2 Å². The van der Waals surface area contributed by atoms with Crippen molar-refractivity contribution >= 4 is 5.95 Å². The minimum atomic E-state index is -0.513. The fraction of sp³-hybridized carbons (Fsp3) is 0.692. The monoisotopic (exact) mass is 269 g/mol. The molecule has 6 nitrogen and oxygen atoms in total. The van der Waals surface area contributed by atoms with E-state index in [4.69, 9.17) is 14.2 Å². The van der Waals surface area contributed by atoms with Crippen LogP contribution in [0.25, 0.3) is 0 Å². The van der Waals surface area contributed by atoms with Crippen LogP contribution in [0.3, 0.4) is 0 Å². The molecule has 2 heterocycles. The van der Waals surface area contributed by atoms with Crippen molar-refractivity contribution in [1.29, 1.82) is 0 Å². The van der Waals surface area contributed by atoms with E-state index >= 15 is 0 Å². The highest BCUT2D eigenvalue weighted by atomic mass is 16.7. The topological polar surface area (TPSA) is 65.5 Å². The number of nitrogens with zero attached hydrogens (tertiary/aromatic N) is 2. The first-order chi connectivity index (χ1) is 9.09. The van der Waals surface area contributed by atoms with Gasteiger partial charge in [0.2, 0.25) is 5.95 Å². The second kappa shape index (κ2) is 7.25. The maximum Gasteiger partial charge on any atom is 0.222 e. The molecule has 1 aliphatic heterocycles. The highest BCUT2D eigenvalue weighted by Crippen LogP contribution is 2.22. The van der Waals surface area contributed by atoms with Gasteiger partial charge in [-0.3, -0.25) is 0 Å². The molecule has 6 heteroatoms. The maximum absolute atomic E-state index is 5.62. The summed E-state index contributed by atoms with van der Waals surface area (Å²) in [5, 5.41) is 2.84. The van der Waals surface area contributed by atoms with Crippen LogP contribution in [0, 0.1) is 0 Å². The van der Waals surface area contributed by atoms with E-state index in [1.54, 1.807) is 19.4 Å². The zero-order valence-corrected chi connectivity index (χ0v) is 12.3. The molecule has 1 aromatic rings. The minimum Gasteiger partial charge on any atom is -0.488 e. The number of anilines is 1. The summed E-state index contributed by atoms with van der Waals surface area (Å²) in [5.74, 6) is 0.678. The fourth-order valence-corrected chi connectivity index (χ4v) is 1.55. The molecule has 1 fully saturated rings. The Kier molecular flexibility index (Phi) is 5.98. The van der Waals surface area contributed by atoms with E-state index in [0.717, 1.165) is 0 Å². The molecule has 1 aliphatic rings. The van der Waals surface area contributed by atoms with E-state index in [2.05, 4.69) is 15.3 Å². The molecule has 0 aromatic carbocycles. The van der Waals surface area contributed by atoms with Crippen LogP contribution < -0.4 is 10.1 Å². The van der Waals surface area contributed by atoms with Crippen LogP contribution in [0.2, 0.25) is 0 Å². The molecule has 2 rings (SSSR count). The van der Waals surface area contributed by atoms with Gasteiger partial charge in [-0.25, -0.2) is 9.97 Å². The lowest BCUT2D eigenvalue weighted by atomic mass is 10.4. The van der Waals surface area contributed by atoms with Gasteiger partial charge in [0.1, 0.15) is 12.7 Å². The highest BCUT2D eigenvalue weighted by Gasteiger charge is 2.32. The average molecular weight is 269 g/mol. The van der Waals surface area contributed by atoms with E-state index in [-0.39, 0.29) is 6.10 Å². The van der Waals surface area contributed by atoms with E-state index in [1.807, 2.05) is 27.7 Å². The quantitative estimate of drug-likeness (QED) is 0.902. The van der Waals surface area contributed by atoms with Gasteiger partial charge in [-0.05, 0) is 13.8 Å². The highest BCUT2D eigenvalue weighted by molar-refractivity contribution is 5.25. The number of hydrogen-bond acceptors (Lipinski definition) is 6. The van der Waals surface area contributed by atoms with E-state index in [1.165, 1.54) is 0 Å². The third-order valence-electron chi connectivity index (χ3n) is 2.35. The van der Waals surface area contributed by atoms with Gasteiger partial charge >= 0.3 is 0 Å². The molecule has 19 heavy (non-hydrogen) atoms. The van der Waals surface area contributed by atoms with Crippen LogP contribution in [0.4, 0.5) is 5.95 Å². The van der Waals surface area contributed by atoms with Crippen molar-refractivity contribution in [2.45, 2.75) is 39.6 Å². The zero-order valence-electron chi connectivity index (χ0n) is 12.3. The normalized spacial score (nSPS) is 20.4. The SMILES string of the molecule is CC.CNc1ncc(OCC2COC(C)(C)O2)cn1. The summed E-state index contributed by atoms with van der Waals surface area (Å²) in [7, 11) is 1.77. The van der Waals surface area contributed by atoms with Crippen LogP contribution >= 0.6 is 0 Å². The Morgan fingerprint density at radius 3 is 2.47 bits per heavy atom. The van der Waals surface area contributed by atoms with E-state index in [0.29, 0.717) is 24.9 Å². The Bertz CT molecular complexity index is 368. The number of nitrogens with one attached hydrogen (secondary N) is 1. The second-order valence-corrected chi connectivity index (χ2v) is 4.25. The van der Waals surface area contributed by atoms with Gasteiger partial charge < -0.3 is 19.5 Å². The van der Waals surface area contributed by atoms with Gasteiger partial charge in [0, 0.05) is 7.05 Å². The number of aromatic nitrogens is 2. The zero-order chi connectivity index (χ0) is 14.3. The summed E-state index contributed by atoms with van der Waals surface area (Å²) >= 11 is 0. The Labute approximate surface area is 114 Å². The van der Waals surface area contributed by atoms with Crippen LogP contribution in [0.1, 0.15) is 27.7 Å². The largest absolute Gasteiger partial charge is 0.488 e. The molecule has 0 bridgehead atoms. The van der Waals surface area contributed by atoms with Crippen LogP contribution in [0.5, 0.6) is 5.75 Å². The maximum atomic E-state index is 5.62. The van der Waals surface area contributed by atoms with E-state index in [9.17, 15) is 0 Å². The van der Waals surface area contributed by atoms with E-state index < -0.39 is 5.79 Å². The fourth-order valence-electron chi connectivity index (χ4n) is 1.55. The number of hydrogen-bond donors (Lipinski definition) is 1. The molecular formula is C13H23N3O3. The number of ether oxygens (including phenoxy) is 3. The first-order valence-corrected chi connectivity index (χ1v) is 6.53. The molecule has 1 aromatic heterocycles. The van der Waals surface area contributed by atoms with Gasteiger partial charge in [-0.15, -0.1) is 0 Å². The van der Waals surface area contributed by atoms with Crippen molar-refractivity contribution in [2.75, 3.05) is 25.6 Å². The van der Waals surface area contributed by atoms with Crippen LogP contribution in [-0.2, 0) is 9.47 Å². The summed E-state index contributed by atoms with van der Waals surface area (Å²) in [4.78, 5) is 8.10. The first-order valence-electron chi connectivity index (χ1n) is 6.53. The van der Waals surface area contributed by atoms with Crippen molar-refractivity contribution in [3.63, 3.8) is 0 Å². The standard InChI is InChI=1S/C11H17N3O3.C2H6/c1-11(2)16-7-9(17-11)6-15-8-4-13-10(12-3)14-5-8;1-2/h4-5,9H,6-7H2,1-3H3,(H,12,13,14);1-2H3. The Morgan fingerprint density at radius 1 is 1.37 bits per heavy atom. The molecule has 0 saturated carbocycles. The molecule has 0 radical (unpaired) electrons. The lowest BCUT2D eigenvalue weighted by Gasteiger charge is -2.17. The molecule has 0 aliphatic carbocycles. The molecule has 1 unspecified atom stereocenters. The lowest BCUT2D eigenvalue weighted by molar-refractivity contribution is -0.141. The van der Waals surface area contributed by atoms with Crippen LogP contribution in [0.15, 0.2) is 12.4 Å². The van der Waals surface area contributed by atoms with Gasteiger partial charge in [-0.1, -0.05) is 13.8 Å². The summed E-state index contributed by atoms with van der Waals surface area (Å²) < 4.78 is 16.6. The van der Waals surface area contributed by atoms with Crippen molar-refractivity contribution in [1.82, 2.24) is 9.97 Å². The third kappa shape index (κ3) is 5.00. The number of rotatable bonds is 4. The third-order valence-corrected chi connectivity index (χ3v) is 2.35. The second-order valence-electron chi connectivity index (χ2n) is 4.25.